The lowest BCUT2D eigenvalue weighted by Gasteiger charge is -2.42. The van der Waals surface area contributed by atoms with Crippen LogP contribution in [0.25, 0.3) is 0 Å². The van der Waals surface area contributed by atoms with Gasteiger partial charge in [0.15, 0.2) is 12.6 Å². The lowest BCUT2D eigenvalue weighted by molar-refractivity contribution is -0.329. The Kier molecular flexibility index (Phi) is 9.23. The molecule has 0 aromatic rings. The van der Waals surface area contributed by atoms with Crippen molar-refractivity contribution in [3.05, 3.63) is 0 Å². The lowest BCUT2D eigenvalue weighted by Crippen LogP contribution is -2.61. The lowest BCUT2D eigenvalue weighted by atomic mass is 9.94. The second kappa shape index (κ2) is 10.8. The molecule has 10 heteroatoms. The van der Waals surface area contributed by atoms with E-state index in [0.29, 0.717) is 12.5 Å². The van der Waals surface area contributed by atoms with Gasteiger partial charge >= 0.3 is 0 Å². The molecule has 2 aliphatic rings. The molecule has 6 N–H and O–H groups in total. The van der Waals surface area contributed by atoms with E-state index in [-0.39, 0.29) is 12.5 Å². The van der Waals surface area contributed by atoms with Crippen LogP contribution in [0.4, 0.5) is 0 Å². The van der Waals surface area contributed by atoms with Crippen LogP contribution in [0.1, 0.15) is 34.1 Å². The molecule has 0 amide bonds. The van der Waals surface area contributed by atoms with Crippen LogP contribution in [0.5, 0.6) is 0 Å². The van der Waals surface area contributed by atoms with E-state index in [1.54, 1.807) is 0 Å². The van der Waals surface area contributed by atoms with Crippen molar-refractivity contribution in [3.8, 4) is 0 Å². The van der Waals surface area contributed by atoms with Gasteiger partial charge in [0.1, 0.15) is 42.7 Å². The first-order valence-corrected chi connectivity index (χ1v) is 10.2. The second-order valence-corrected chi connectivity index (χ2v) is 8.28. The van der Waals surface area contributed by atoms with Crippen molar-refractivity contribution in [2.75, 3.05) is 13.2 Å². The number of aliphatic hydroxyl groups is 6. The first kappa shape index (κ1) is 24.9. The number of rotatable bonds is 8. The summed E-state index contributed by atoms with van der Waals surface area (Å²) in [5, 5.41) is 60.1. The van der Waals surface area contributed by atoms with Crippen LogP contribution >= 0.6 is 0 Å². The number of hydrogen-bond donors (Lipinski definition) is 6. The third-order valence-corrected chi connectivity index (χ3v) is 5.84. The number of aliphatic hydroxyl groups excluding tert-OH is 6. The van der Waals surface area contributed by atoms with E-state index >= 15 is 0 Å². The average Bonchev–Trinajstić information content (AvgIpc) is 2.68. The van der Waals surface area contributed by atoms with Gasteiger partial charge in [-0.15, -0.1) is 0 Å². The van der Waals surface area contributed by atoms with Crippen LogP contribution in [0.2, 0.25) is 0 Å². The second-order valence-electron chi connectivity index (χ2n) is 8.28. The molecule has 0 aromatic carbocycles. The third-order valence-electron chi connectivity index (χ3n) is 5.84. The molecule has 11 atom stereocenters. The fraction of sp³-hybridized carbons (Fsp3) is 1.00. The Hall–Kier alpha value is -0.400. The Bertz CT molecular complexity index is 492. The van der Waals surface area contributed by atoms with Crippen molar-refractivity contribution >= 4 is 0 Å². The highest BCUT2D eigenvalue weighted by molar-refractivity contribution is 4.91. The van der Waals surface area contributed by atoms with Crippen LogP contribution in [0, 0.1) is 11.8 Å². The molecule has 2 aliphatic heterocycles. The summed E-state index contributed by atoms with van der Waals surface area (Å²) in [5.74, 6) is 0.605. The summed E-state index contributed by atoms with van der Waals surface area (Å²) in [6.07, 6.45) is -12.0. The number of ether oxygens (including phenoxy) is 4. The predicted octanol–water partition coefficient (Wildman–Crippen LogP) is -1.66. The van der Waals surface area contributed by atoms with E-state index in [2.05, 4.69) is 13.8 Å². The Morgan fingerprint density at radius 3 is 1.86 bits per heavy atom. The van der Waals surface area contributed by atoms with E-state index in [9.17, 15) is 30.6 Å². The number of hydrogen-bond acceptors (Lipinski definition) is 10. The van der Waals surface area contributed by atoms with Crippen LogP contribution in [0.15, 0.2) is 0 Å². The summed E-state index contributed by atoms with van der Waals surface area (Å²) in [5.41, 5.74) is 0. The van der Waals surface area contributed by atoms with Crippen molar-refractivity contribution < 1.29 is 49.6 Å². The van der Waals surface area contributed by atoms with E-state index in [1.165, 1.54) is 6.92 Å². The molecule has 0 saturated carbocycles. The summed E-state index contributed by atoms with van der Waals surface area (Å²) < 4.78 is 22.0. The molecule has 0 aromatic heterocycles. The predicted molar refractivity (Wildman–Crippen MR) is 99.6 cm³/mol. The van der Waals surface area contributed by atoms with Crippen molar-refractivity contribution in [2.45, 2.75) is 95.5 Å². The minimum atomic E-state index is -1.51. The normalized spacial score (nSPS) is 44.8. The zero-order valence-corrected chi connectivity index (χ0v) is 17.4. The van der Waals surface area contributed by atoms with E-state index in [1.807, 2.05) is 6.92 Å². The van der Waals surface area contributed by atoms with Crippen LogP contribution in [-0.2, 0) is 18.9 Å². The first-order valence-electron chi connectivity index (χ1n) is 10.2. The molecule has 0 spiro atoms. The average molecular weight is 424 g/mol. The van der Waals surface area contributed by atoms with Crippen molar-refractivity contribution in [1.82, 2.24) is 0 Å². The van der Waals surface area contributed by atoms with Gasteiger partial charge in [0, 0.05) is 0 Å². The van der Waals surface area contributed by atoms with Crippen molar-refractivity contribution in [3.63, 3.8) is 0 Å². The Morgan fingerprint density at radius 1 is 0.759 bits per heavy atom. The molecular formula is C19H36O10. The topological polar surface area (TPSA) is 158 Å². The SMILES string of the molecule is CCC(COC1OC(COC2OC(C)C(O)C(O)C2O)C(O)C(O)C1O)C(C)C. The van der Waals surface area contributed by atoms with E-state index in [0.717, 1.165) is 6.42 Å². The molecule has 2 saturated heterocycles. The zero-order valence-electron chi connectivity index (χ0n) is 17.4. The minimum Gasteiger partial charge on any atom is -0.388 e. The van der Waals surface area contributed by atoms with Crippen molar-refractivity contribution in [1.29, 1.82) is 0 Å². The van der Waals surface area contributed by atoms with E-state index in [4.69, 9.17) is 18.9 Å². The molecule has 0 radical (unpaired) electrons. The monoisotopic (exact) mass is 424 g/mol. The highest BCUT2D eigenvalue weighted by Gasteiger charge is 2.46. The molecule has 172 valence electrons. The largest absolute Gasteiger partial charge is 0.388 e. The molecule has 10 nitrogen and oxygen atoms in total. The summed E-state index contributed by atoms with van der Waals surface area (Å²) >= 11 is 0. The highest BCUT2D eigenvalue weighted by atomic mass is 16.7. The van der Waals surface area contributed by atoms with Gasteiger partial charge in [0.2, 0.25) is 0 Å². The standard InChI is InChI=1S/C19H36O10/c1-5-10(8(2)3)6-26-19-17(25)15(23)13(21)11(29-19)7-27-18-16(24)14(22)12(20)9(4)28-18/h8-25H,5-7H2,1-4H3. The van der Waals surface area contributed by atoms with Gasteiger partial charge in [-0.2, -0.15) is 0 Å². The Balaban J connectivity index is 1.95. The van der Waals surface area contributed by atoms with Crippen LogP contribution in [0.3, 0.4) is 0 Å². The van der Waals surface area contributed by atoms with Gasteiger partial charge in [0.05, 0.1) is 19.3 Å². The molecule has 0 bridgehead atoms. The van der Waals surface area contributed by atoms with Gasteiger partial charge in [-0.1, -0.05) is 27.2 Å². The Morgan fingerprint density at radius 2 is 1.31 bits per heavy atom. The third kappa shape index (κ3) is 5.85. The molecular weight excluding hydrogens is 388 g/mol. The zero-order chi connectivity index (χ0) is 21.9. The van der Waals surface area contributed by atoms with E-state index < -0.39 is 61.4 Å². The van der Waals surface area contributed by atoms with Gasteiger partial charge in [0.25, 0.3) is 0 Å². The van der Waals surface area contributed by atoms with Gasteiger partial charge in [-0.05, 0) is 18.8 Å². The summed E-state index contributed by atoms with van der Waals surface area (Å²) in [7, 11) is 0. The molecule has 11 unspecified atom stereocenters. The molecule has 2 heterocycles. The quantitative estimate of drug-likeness (QED) is 0.266. The fourth-order valence-electron chi connectivity index (χ4n) is 3.53. The van der Waals surface area contributed by atoms with Crippen molar-refractivity contribution in [2.24, 2.45) is 11.8 Å². The summed E-state index contributed by atoms with van der Waals surface area (Å²) in [6, 6.07) is 0. The van der Waals surface area contributed by atoms with Gasteiger partial charge < -0.3 is 49.6 Å². The minimum absolute atomic E-state index is 0.240. The fourth-order valence-corrected chi connectivity index (χ4v) is 3.53. The Labute approximate surface area is 171 Å². The molecule has 2 rings (SSSR count). The smallest absolute Gasteiger partial charge is 0.186 e. The molecule has 2 fully saturated rings. The van der Waals surface area contributed by atoms with Gasteiger partial charge in [-0.25, -0.2) is 0 Å². The summed E-state index contributed by atoms with van der Waals surface area (Å²) in [4.78, 5) is 0. The summed E-state index contributed by atoms with van der Waals surface area (Å²) in [6.45, 7) is 7.69. The highest BCUT2D eigenvalue weighted by Crippen LogP contribution is 2.26. The first-order chi connectivity index (χ1) is 13.6. The maximum atomic E-state index is 10.2. The van der Waals surface area contributed by atoms with Gasteiger partial charge in [-0.3, -0.25) is 0 Å². The maximum absolute atomic E-state index is 10.2. The van der Waals surface area contributed by atoms with Crippen LogP contribution in [-0.4, -0.2) is 105 Å². The molecule has 0 aliphatic carbocycles. The molecule has 29 heavy (non-hydrogen) atoms. The van der Waals surface area contributed by atoms with Crippen LogP contribution < -0.4 is 0 Å². The maximum Gasteiger partial charge on any atom is 0.186 e.